The lowest BCUT2D eigenvalue weighted by Gasteiger charge is -2.35. The lowest BCUT2D eigenvalue weighted by molar-refractivity contribution is -0.0624. The molecule has 0 N–H and O–H groups in total. The van der Waals surface area contributed by atoms with Crippen molar-refractivity contribution in [3.05, 3.63) is 22.6 Å². The fourth-order valence-corrected chi connectivity index (χ4v) is 2.95. The number of furan rings is 1. The van der Waals surface area contributed by atoms with Crippen molar-refractivity contribution in [1.82, 2.24) is 0 Å². The minimum atomic E-state index is -0.0600. The van der Waals surface area contributed by atoms with E-state index in [0.717, 1.165) is 35.2 Å². The molecule has 1 atom stereocenters. The van der Waals surface area contributed by atoms with E-state index in [4.69, 9.17) is 9.15 Å². The molecule has 0 aliphatic carbocycles. The van der Waals surface area contributed by atoms with Crippen molar-refractivity contribution in [2.75, 3.05) is 11.9 Å². The third-order valence-electron chi connectivity index (χ3n) is 2.80. The van der Waals surface area contributed by atoms with E-state index >= 15 is 0 Å². The van der Waals surface area contributed by atoms with E-state index in [2.05, 4.69) is 31.9 Å². The number of rotatable bonds is 3. The number of halogens is 2. The summed E-state index contributed by atoms with van der Waals surface area (Å²) in [6, 6.07) is 3.94. The lowest BCUT2D eigenvalue weighted by atomic mass is 9.91. The van der Waals surface area contributed by atoms with Crippen LogP contribution in [0.2, 0.25) is 0 Å². The van der Waals surface area contributed by atoms with Gasteiger partial charge >= 0.3 is 0 Å². The molecule has 15 heavy (non-hydrogen) atoms. The standard InChI is InChI=1S/C11H14Br2O2/c12-8-11(5-1-2-6-14-11)7-9-3-4-10(13)15-9/h3-4H,1-2,5-8H2. The maximum absolute atomic E-state index is 5.91. The highest BCUT2D eigenvalue weighted by atomic mass is 79.9. The van der Waals surface area contributed by atoms with Crippen LogP contribution in [0.25, 0.3) is 0 Å². The third-order valence-corrected chi connectivity index (χ3v) is 4.25. The van der Waals surface area contributed by atoms with E-state index in [1.165, 1.54) is 12.8 Å². The van der Waals surface area contributed by atoms with Gasteiger partial charge in [0.1, 0.15) is 5.76 Å². The van der Waals surface area contributed by atoms with Crippen LogP contribution in [0.15, 0.2) is 21.2 Å². The molecule has 2 nitrogen and oxygen atoms in total. The van der Waals surface area contributed by atoms with Crippen LogP contribution in [0.5, 0.6) is 0 Å². The Balaban J connectivity index is 2.06. The molecule has 1 aliphatic heterocycles. The Labute approximate surface area is 107 Å². The van der Waals surface area contributed by atoms with Crippen LogP contribution in [-0.2, 0) is 11.2 Å². The summed E-state index contributed by atoms with van der Waals surface area (Å²) in [6.45, 7) is 0.869. The molecule has 1 aliphatic rings. The van der Waals surface area contributed by atoms with Gasteiger partial charge in [0.15, 0.2) is 4.67 Å². The first kappa shape index (κ1) is 11.7. The Hall–Kier alpha value is 0.200. The summed E-state index contributed by atoms with van der Waals surface area (Å²) in [5.41, 5.74) is -0.0600. The number of alkyl halides is 1. The highest BCUT2D eigenvalue weighted by molar-refractivity contribution is 9.10. The summed E-state index contributed by atoms with van der Waals surface area (Å²) in [7, 11) is 0. The molecule has 1 fully saturated rings. The van der Waals surface area contributed by atoms with Gasteiger partial charge in [-0.15, -0.1) is 0 Å². The zero-order valence-electron chi connectivity index (χ0n) is 8.47. The van der Waals surface area contributed by atoms with Crippen LogP contribution < -0.4 is 0 Å². The van der Waals surface area contributed by atoms with Crippen LogP contribution >= 0.6 is 31.9 Å². The highest BCUT2D eigenvalue weighted by Gasteiger charge is 2.33. The van der Waals surface area contributed by atoms with Crippen molar-refractivity contribution in [2.45, 2.75) is 31.3 Å². The molecule has 1 unspecified atom stereocenters. The first-order valence-electron chi connectivity index (χ1n) is 5.18. The van der Waals surface area contributed by atoms with Crippen molar-refractivity contribution in [3.63, 3.8) is 0 Å². The van der Waals surface area contributed by atoms with Crippen molar-refractivity contribution in [3.8, 4) is 0 Å². The fourth-order valence-electron chi connectivity index (χ4n) is 1.97. The molecular formula is C11H14Br2O2. The number of hydrogen-bond acceptors (Lipinski definition) is 2. The van der Waals surface area contributed by atoms with Crippen LogP contribution in [0.1, 0.15) is 25.0 Å². The van der Waals surface area contributed by atoms with E-state index in [-0.39, 0.29) is 5.60 Å². The number of hydrogen-bond donors (Lipinski definition) is 0. The smallest absolute Gasteiger partial charge is 0.169 e. The molecule has 0 radical (unpaired) electrons. The van der Waals surface area contributed by atoms with Gasteiger partial charge in [0, 0.05) is 18.4 Å². The fraction of sp³-hybridized carbons (Fsp3) is 0.636. The maximum Gasteiger partial charge on any atom is 0.169 e. The van der Waals surface area contributed by atoms with Gasteiger partial charge in [-0.05, 0) is 47.3 Å². The van der Waals surface area contributed by atoms with E-state index in [1.807, 2.05) is 12.1 Å². The Bertz CT molecular complexity index is 316. The molecule has 4 heteroatoms. The predicted octanol–water partition coefficient (Wildman–Crippen LogP) is 3.92. The molecule has 1 saturated heterocycles. The Morgan fingerprint density at radius 3 is 2.73 bits per heavy atom. The Morgan fingerprint density at radius 2 is 2.20 bits per heavy atom. The molecule has 2 rings (SSSR count). The van der Waals surface area contributed by atoms with Gasteiger partial charge in [-0.3, -0.25) is 0 Å². The Kier molecular flexibility index (Phi) is 3.91. The Morgan fingerprint density at radius 1 is 1.33 bits per heavy atom. The summed E-state index contributed by atoms with van der Waals surface area (Å²) >= 11 is 6.87. The van der Waals surface area contributed by atoms with E-state index < -0.39 is 0 Å². The van der Waals surface area contributed by atoms with Gasteiger partial charge in [0.2, 0.25) is 0 Å². The lowest BCUT2D eigenvalue weighted by Crippen LogP contribution is -2.40. The molecule has 0 aromatic carbocycles. The van der Waals surface area contributed by atoms with Crippen molar-refractivity contribution >= 4 is 31.9 Å². The zero-order chi connectivity index (χ0) is 10.7. The molecule has 0 bridgehead atoms. The largest absolute Gasteiger partial charge is 0.454 e. The second-order valence-electron chi connectivity index (χ2n) is 4.00. The van der Waals surface area contributed by atoms with Gasteiger partial charge in [0.25, 0.3) is 0 Å². The SMILES string of the molecule is BrCC1(Cc2ccc(Br)o2)CCCCO1. The summed E-state index contributed by atoms with van der Waals surface area (Å²) in [5, 5.41) is 0.873. The van der Waals surface area contributed by atoms with E-state index in [0.29, 0.717) is 0 Å². The van der Waals surface area contributed by atoms with Crippen molar-refractivity contribution in [1.29, 1.82) is 0 Å². The quantitative estimate of drug-likeness (QED) is 0.780. The van der Waals surface area contributed by atoms with E-state index in [1.54, 1.807) is 0 Å². The molecule has 0 amide bonds. The third kappa shape index (κ3) is 2.86. The highest BCUT2D eigenvalue weighted by Crippen LogP contribution is 2.31. The average Bonchev–Trinajstić information content (AvgIpc) is 2.65. The first-order valence-corrected chi connectivity index (χ1v) is 7.10. The van der Waals surface area contributed by atoms with Gasteiger partial charge in [-0.2, -0.15) is 0 Å². The molecule has 0 spiro atoms. The molecular weight excluding hydrogens is 324 g/mol. The normalized spacial score (nSPS) is 26.8. The van der Waals surface area contributed by atoms with Crippen molar-refractivity contribution in [2.24, 2.45) is 0 Å². The van der Waals surface area contributed by atoms with Crippen LogP contribution in [0.3, 0.4) is 0 Å². The van der Waals surface area contributed by atoms with Crippen LogP contribution in [0, 0.1) is 0 Å². The second-order valence-corrected chi connectivity index (χ2v) is 5.35. The maximum atomic E-state index is 5.91. The van der Waals surface area contributed by atoms with Crippen LogP contribution in [0.4, 0.5) is 0 Å². The minimum Gasteiger partial charge on any atom is -0.454 e. The second kappa shape index (κ2) is 5.02. The minimum absolute atomic E-state index is 0.0600. The molecule has 1 aromatic rings. The monoisotopic (exact) mass is 336 g/mol. The van der Waals surface area contributed by atoms with Crippen LogP contribution in [-0.4, -0.2) is 17.5 Å². The summed E-state index contributed by atoms with van der Waals surface area (Å²) < 4.78 is 12.2. The van der Waals surface area contributed by atoms with Gasteiger partial charge in [0.05, 0.1) is 5.60 Å². The van der Waals surface area contributed by atoms with Crippen molar-refractivity contribution < 1.29 is 9.15 Å². The molecule has 84 valence electrons. The summed E-state index contributed by atoms with van der Waals surface area (Å²) in [6.07, 6.45) is 4.38. The average molecular weight is 338 g/mol. The van der Waals surface area contributed by atoms with E-state index in [9.17, 15) is 0 Å². The number of ether oxygens (including phenoxy) is 1. The molecule has 2 heterocycles. The predicted molar refractivity (Wildman–Crippen MR) is 66.4 cm³/mol. The first-order chi connectivity index (χ1) is 7.24. The molecule has 1 aromatic heterocycles. The van der Waals surface area contributed by atoms with Gasteiger partial charge < -0.3 is 9.15 Å². The zero-order valence-corrected chi connectivity index (χ0v) is 11.6. The van der Waals surface area contributed by atoms with Gasteiger partial charge in [-0.25, -0.2) is 0 Å². The summed E-state index contributed by atoms with van der Waals surface area (Å²) in [5.74, 6) is 0.989. The van der Waals surface area contributed by atoms with Gasteiger partial charge in [-0.1, -0.05) is 15.9 Å². The summed E-state index contributed by atoms with van der Waals surface area (Å²) in [4.78, 5) is 0. The molecule has 0 saturated carbocycles. The topological polar surface area (TPSA) is 22.4 Å².